The lowest BCUT2D eigenvalue weighted by molar-refractivity contribution is 1.12. The quantitative estimate of drug-likeness (QED) is 0.713. The zero-order chi connectivity index (χ0) is 11.7. The van der Waals surface area contributed by atoms with Gasteiger partial charge in [0.25, 0.3) is 0 Å². The molecule has 1 nitrogen and oxygen atoms in total. The molecule has 0 saturated heterocycles. The number of halogens is 1. The van der Waals surface area contributed by atoms with Crippen molar-refractivity contribution >= 4 is 26.8 Å². The molecule has 0 unspecified atom stereocenters. The van der Waals surface area contributed by atoms with Gasteiger partial charge in [-0.25, -0.2) is 0 Å². The summed E-state index contributed by atoms with van der Waals surface area (Å²) < 4.78 is 1.12. The van der Waals surface area contributed by atoms with E-state index in [0.717, 1.165) is 10.9 Å². The van der Waals surface area contributed by atoms with Crippen LogP contribution >= 0.6 is 15.9 Å². The third kappa shape index (κ3) is 2.13. The number of nitrogens with one attached hydrogen (secondary N) is 1. The van der Waals surface area contributed by atoms with E-state index in [0.29, 0.717) is 0 Å². The first-order chi connectivity index (χ1) is 8.33. The molecule has 2 aromatic carbocycles. The van der Waals surface area contributed by atoms with Crippen LogP contribution in [0, 0.1) is 0 Å². The van der Waals surface area contributed by atoms with Crippen LogP contribution in [0.2, 0.25) is 0 Å². The molecular formula is C15H12BrN. The molecule has 0 aliphatic heterocycles. The Hall–Kier alpha value is -1.54. The summed E-state index contributed by atoms with van der Waals surface area (Å²) >= 11 is 3.56. The van der Waals surface area contributed by atoms with Crippen molar-refractivity contribution in [2.24, 2.45) is 0 Å². The van der Waals surface area contributed by atoms with Crippen molar-refractivity contribution in [3.63, 3.8) is 0 Å². The van der Waals surface area contributed by atoms with Crippen LogP contribution in [0.5, 0.6) is 0 Å². The third-order valence-corrected chi connectivity index (χ3v) is 3.56. The Kier molecular flexibility index (Phi) is 2.73. The summed E-state index contributed by atoms with van der Waals surface area (Å²) in [7, 11) is 0. The predicted octanol–water partition coefficient (Wildman–Crippen LogP) is 4.52. The molecule has 0 fully saturated rings. The first kappa shape index (κ1) is 10.6. The minimum Gasteiger partial charge on any atom is -0.357 e. The second-order valence-electron chi connectivity index (χ2n) is 4.16. The summed E-state index contributed by atoms with van der Waals surface area (Å²) in [6.07, 6.45) is 0.946. The molecule has 0 atom stereocenters. The molecule has 0 amide bonds. The molecular weight excluding hydrogens is 274 g/mol. The van der Waals surface area contributed by atoms with Crippen LogP contribution in [0.4, 0.5) is 0 Å². The van der Waals surface area contributed by atoms with Gasteiger partial charge in [0.15, 0.2) is 0 Å². The Bertz CT molecular complexity index is 640. The maximum atomic E-state index is 3.56. The van der Waals surface area contributed by atoms with Crippen LogP contribution in [0.15, 0.2) is 59.1 Å². The van der Waals surface area contributed by atoms with Gasteiger partial charge in [0.1, 0.15) is 0 Å². The van der Waals surface area contributed by atoms with Crippen molar-refractivity contribution in [3.8, 4) is 0 Å². The van der Waals surface area contributed by atoms with E-state index >= 15 is 0 Å². The second kappa shape index (κ2) is 4.38. The van der Waals surface area contributed by atoms with Crippen LogP contribution in [0.3, 0.4) is 0 Å². The zero-order valence-corrected chi connectivity index (χ0v) is 10.9. The summed E-state index contributed by atoms with van der Waals surface area (Å²) in [5, 5.41) is 1.25. The predicted molar refractivity (Wildman–Crippen MR) is 75.2 cm³/mol. The minimum atomic E-state index is 0.946. The second-order valence-corrected chi connectivity index (χ2v) is 5.02. The molecule has 0 radical (unpaired) electrons. The van der Waals surface area contributed by atoms with E-state index in [2.05, 4.69) is 69.4 Å². The fourth-order valence-electron chi connectivity index (χ4n) is 2.09. The van der Waals surface area contributed by atoms with Crippen molar-refractivity contribution in [2.75, 3.05) is 0 Å². The lowest BCUT2D eigenvalue weighted by Crippen LogP contribution is -1.86. The van der Waals surface area contributed by atoms with Crippen molar-refractivity contribution in [1.29, 1.82) is 0 Å². The van der Waals surface area contributed by atoms with Gasteiger partial charge < -0.3 is 4.98 Å². The smallest absolute Gasteiger partial charge is 0.0600 e. The van der Waals surface area contributed by atoms with Gasteiger partial charge >= 0.3 is 0 Å². The number of rotatable bonds is 2. The molecule has 0 bridgehead atoms. The maximum Gasteiger partial charge on any atom is 0.0600 e. The SMILES string of the molecule is Brc1cccc2cc(Cc3ccccc3)[nH]c12. The van der Waals surface area contributed by atoms with Gasteiger partial charge in [-0.3, -0.25) is 0 Å². The molecule has 1 heterocycles. The molecule has 2 heteroatoms. The molecule has 1 N–H and O–H groups in total. The Labute approximate surface area is 109 Å². The van der Waals surface area contributed by atoms with Crippen LogP contribution < -0.4 is 0 Å². The summed E-state index contributed by atoms with van der Waals surface area (Å²) in [4.78, 5) is 3.47. The highest BCUT2D eigenvalue weighted by atomic mass is 79.9. The van der Waals surface area contributed by atoms with E-state index in [1.807, 2.05) is 6.07 Å². The lowest BCUT2D eigenvalue weighted by atomic mass is 10.1. The fraction of sp³-hybridized carbons (Fsp3) is 0.0667. The molecule has 0 aliphatic carbocycles. The highest BCUT2D eigenvalue weighted by Crippen LogP contribution is 2.24. The average molecular weight is 286 g/mol. The van der Waals surface area contributed by atoms with Crippen molar-refractivity contribution < 1.29 is 0 Å². The van der Waals surface area contributed by atoms with Crippen LogP contribution in [0.25, 0.3) is 10.9 Å². The number of hydrogen-bond donors (Lipinski definition) is 1. The Morgan fingerprint density at radius 3 is 2.53 bits per heavy atom. The van der Waals surface area contributed by atoms with Gasteiger partial charge in [0, 0.05) is 22.0 Å². The fourth-order valence-corrected chi connectivity index (χ4v) is 2.57. The molecule has 84 valence electrons. The molecule has 0 aliphatic rings. The summed E-state index contributed by atoms with van der Waals surface area (Å²) in [6, 6.07) is 19.0. The number of aromatic nitrogens is 1. The summed E-state index contributed by atoms with van der Waals surface area (Å²) in [5.41, 5.74) is 3.76. The molecule has 0 spiro atoms. The monoisotopic (exact) mass is 285 g/mol. The van der Waals surface area contributed by atoms with Gasteiger partial charge in [-0.15, -0.1) is 0 Å². The van der Waals surface area contributed by atoms with Crippen LogP contribution in [-0.2, 0) is 6.42 Å². The number of hydrogen-bond acceptors (Lipinski definition) is 0. The maximum absolute atomic E-state index is 3.56. The highest BCUT2D eigenvalue weighted by Gasteiger charge is 2.03. The van der Waals surface area contributed by atoms with Gasteiger partial charge in [-0.05, 0) is 33.6 Å². The van der Waals surface area contributed by atoms with Crippen LogP contribution in [0.1, 0.15) is 11.3 Å². The third-order valence-electron chi connectivity index (χ3n) is 2.90. The van der Waals surface area contributed by atoms with Gasteiger partial charge in [-0.1, -0.05) is 42.5 Å². The van der Waals surface area contributed by atoms with Crippen molar-refractivity contribution in [3.05, 3.63) is 70.3 Å². The summed E-state index contributed by atoms with van der Waals surface area (Å²) in [5.74, 6) is 0. The molecule has 0 saturated carbocycles. The van der Waals surface area contributed by atoms with Crippen LogP contribution in [-0.4, -0.2) is 4.98 Å². The molecule has 3 rings (SSSR count). The van der Waals surface area contributed by atoms with E-state index in [1.165, 1.54) is 22.2 Å². The number of benzene rings is 2. The lowest BCUT2D eigenvalue weighted by Gasteiger charge is -1.97. The Balaban J connectivity index is 1.99. The first-order valence-electron chi connectivity index (χ1n) is 5.63. The van der Waals surface area contributed by atoms with Gasteiger partial charge in [-0.2, -0.15) is 0 Å². The van der Waals surface area contributed by atoms with E-state index in [4.69, 9.17) is 0 Å². The number of para-hydroxylation sites is 1. The Morgan fingerprint density at radius 2 is 1.76 bits per heavy atom. The van der Waals surface area contributed by atoms with Crippen molar-refractivity contribution in [1.82, 2.24) is 4.98 Å². The van der Waals surface area contributed by atoms with Crippen molar-refractivity contribution in [2.45, 2.75) is 6.42 Å². The molecule has 3 aromatic rings. The number of aromatic amines is 1. The number of H-pyrrole nitrogens is 1. The molecule has 17 heavy (non-hydrogen) atoms. The number of fused-ring (bicyclic) bond motifs is 1. The summed E-state index contributed by atoms with van der Waals surface area (Å²) in [6.45, 7) is 0. The normalized spacial score (nSPS) is 10.9. The average Bonchev–Trinajstić information content (AvgIpc) is 2.74. The zero-order valence-electron chi connectivity index (χ0n) is 9.28. The highest BCUT2D eigenvalue weighted by molar-refractivity contribution is 9.10. The van der Waals surface area contributed by atoms with E-state index < -0.39 is 0 Å². The molecule has 1 aromatic heterocycles. The van der Waals surface area contributed by atoms with Gasteiger partial charge in [0.2, 0.25) is 0 Å². The standard InChI is InChI=1S/C15H12BrN/c16-14-8-4-7-12-10-13(17-15(12)14)9-11-5-2-1-3-6-11/h1-8,10,17H,9H2. The van der Waals surface area contributed by atoms with E-state index in [1.54, 1.807) is 0 Å². The Morgan fingerprint density at radius 1 is 0.941 bits per heavy atom. The minimum absolute atomic E-state index is 0.946. The topological polar surface area (TPSA) is 15.8 Å². The van der Waals surface area contributed by atoms with E-state index in [9.17, 15) is 0 Å². The van der Waals surface area contributed by atoms with Gasteiger partial charge in [0.05, 0.1) is 5.52 Å². The largest absolute Gasteiger partial charge is 0.357 e. The first-order valence-corrected chi connectivity index (χ1v) is 6.42. The van der Waals surface area contributed by atoms with E-state index in [-0.39, 0.29) is 0 Å².